The number of hydrogen-bond acceptors (Lipinski definition) is 2. The largest absolute Gasteiger partial charge is 0.369 e. The number of anilines is 1. The Hall–Kier alpha value is -0.180. The van der Waals surface area contributed by atoms with E-state index in [1.165, 1.54) is 44.9 Å². The van der Waals surface area contributed by atoms with Gasteiger partial charge in [0.05, 0.1) is 10.0 Å². The first-order valence-electron chi connectivity index (χ1n) is 7.40. The molecule has 0 spiro atoms. The Morgan fingerprint density at radius 2 is 1.50 bits per heavy atom. The van der Waals surface area contributed by atoms with Gasteiger partial charge in [-0.15, -0.1) is 0 Å². The average Bonchev–Trinajstić information content (AvgIpc) is 2.42. The lowest BCUT2D eigenvalue weighted by molar-refractivity contribution is 0.581. The molecule has 0 saturated carbocycles. The molecule has 0 aliphatic heterocycles. The molecule has 0 aliphatic carbocycles. The van der Waals surface area contributed by atoms with Gasteiger partial charge in [-0.25, -0.2) is 4.98 Å². The molecule has 0 amide bonds. The van der Waals surface area contributed by atoms with Crippen LogP contribution in [0.2, 0.25) is 15.2 Å². The van der Waals surface area contributed by atoms with Gasteiger partial charge in [0.2, 0.25) is 0 Å². The summed E-state index contributed by atoms with van der Waals surface area (Å²) in [6.07, 6.45) is 10.4. The van der Waals surface area contributed by atoms with Gasteiger partial charge in [-0.2, -0.15) is 0 Å². The fourth-order valence-corrected chi connectivity index (χ4v) is 2.60. The van der Waals surface area contributed by atoms with E-state index in [0.717, 1.165) is 13.0 Å². The minimum absolute atomic E-state index is 0.287. The molecule has 1 aromatic rings. The third-order valence-electron chi connectivity index (χ3n) is 3.21. The summed E-state index contributed by atoms with van der Waals surface area (Å²) in [5.41, 5.74) is 0. The van der Waals surface area contributed by atoms with Crippen molar-refractivity contribution in [3.63, 3.8) is 0 Å². The second-order valence-electron chi connectivity index (χ2n) is 4.99. The molecule has 0 atom stereocenters. The number of halogens is 3. The van der Waals surface area contributed by atoms with Gasteiger partial charge in [-0.05, 0) is 12.5 Å². The van der Waals surface area contributed by atoms with E-state index in [2.05, 4.69) is 17.2 Å². The molecule has 5 heteroatoms. The van der Waals surface area contributed by atoms with Crippen molar-refractivity contribution in [2.45, 2.75) is 58.3 Å². The summed E-state index contributed by atoms with van der Waals surface area (Å²) in [4.78, 5) is 4.13. The minimum atomic E-state index is 0.287. The maximum absolute atomic E-state index is 6.04. The number of aromatic nitrogens is 1. The molecule has 0 bridgehead atoms. The van der Waals surface area contributed by atoms with Crippen LogP contribution in [0.3, 0.4) is 0 Å². The first-order valence-corrected chi connectivity index (χ1v) is 8.54. The van der Waals surface area contributed by atoms with Crippen LogP contribution >= 0.6 is 34.8 Å². The molecule has 0 unspecified atom stereocenters. The summed E-state index contributed by atoms with van der Waals surface area (Å²) < 4.78 is 0. The summed E-state index contributed by atoms with van der Waals surface area (Å²) in [7, 11) is 0. The highest BCUT2D eigenvalue weighted by Gasteiger charge is 2.06. The highest BCUT2D eigenvalue weighted by molar-refractivity contribution is 6.42. The predicted molar refractivity (Wildman–Crippen MR) is 90.4 cm³/mol. The third kappa shape index (κ3) is 7.01. The van der Waals surface area contributed by atoms with E-state index in [1.807, 2.05) is 0 Å². The van der Waals surface area contributed by atoms with E-state index in [0.29, 0.717) is 15.9 Å². The maximum atomic E-state index is 6.04. The van der Waals surface area contributed by atoms with Crippen molar-refractivity contribution in [1.29, 1.82) is 0 Å². The van der Waals surface area contributed by atoms with Crippen molar-refractivity contribution in [3.8, 4) is 0 Å². The lowest BCUT2D eigenvalue weighted by Crippen LogP contribution is -2.04. The maximum Gasteiger partial charge on any atom is 0.150 e. The molecule has 1 rings (SSSR count). The van der Waals surface area contributed by atoms with Crippen molar-refractivity contribution < 1.29 is 0 Å². The van der Waals surface area contributed by atoms with Crippen LogP contribution in [0, 0.1) is 0 Å². The van der Waals surface area contributed by atoms with E-state index >= 15 is 0 Å². The molecule has 0 aliphatic rings. The van der Waals surface area contributed by atoms with E-state index in [1.54, 1.807) is 6.07 Å². The molecule has 20 heavy (non-hydrogen) atoms. The molecule has 0 aromatic carbocycles. The molecule has 0 radical (unpaired) electrons. The molecular formula is C15H23Cl3N2. The number of nitrogens with zero attached hydrogens (tertiary/aromatic N) is 1. The first kappa shape index (κ1) is 17.9. The van der Waals surface area contributed by atoms with Crippen LogP contribution < -0.4 is 5.32 Å². The van der Waals surface area contributed by atoms with Gasteiger partial charge < -0.3 is 5.32 Å². The number of pyridine rings is 1. The Bertz CT molecular complexity index is 397. The Balaban J connectivity index is 2.11. The molecule has 2 nitrogen and oxygen atoms in total. The summed E-state index contributed by atoms with van der Waals surface area (Å²) >= 11 is 17.7. The molecular weight excluding hydrogens is 315 g/mol. The fraction of sp³-hybridized carbons (Fsp3) is 0.667. The SMILES string of the molecule is CCCCCCCCCCNc1nc(Cl)c(Cl)cc1Cl. The smallest absolute Gasteiger partial charge is 0.150 e. The van der Waals surface area contributed by atoms with Crippen LogP contribution in [0.15, 0.2) is 6.07 Å². The number of nitrogens with one attached hydrogen (secondary N) is 1. The molecule has 0 fully saturated rings. The molecule has 1 aromatic heterocycles. The van der Waals surface area contributed by atoms with Gasteiger partial charge >= 0.3 is 0 Å². The minimum Gasteiger partial charge on any atom is -0.369 e. The second-order valence-corrected chi connectivity index (χ2v) is 6.17. The highest BCUT2D eigenvalue weighted by Crippen LogP contribution is 2.28. The average molecular weight is 338 g/mol. The monoisotopic (exact) mass is 336 g/mol. The topological polar surface area (TPSA) is 24.9 Å². The van der Waals surface area contributed by atoms with Crippen LogP contribution in [0.25, 0.3) is 0 Å². The van der Waals surface area contributed by atoms with E-state index < -0.39 is 0 Å². The standard InChI is InChI=1S/C15H23Cl3N2/c1-2-3-4-5-6-7-8-9-10-19-15-13(17)11-12(16)14(18)20-15/h11H,2-10H2,1H3,(H,19,20). The normalized spacial score (nSPS) is 10.8. The number of hydrogen-bond donors (Lipinski definition) is 1. The molecule has 1 heterocycles. The van der Waals surface area contributed by atoms with Crippen LogP contribution in [-0.2, 0) is 0 Å². The highest BCUT2D eigenvalue weighted by atomic mass is 35.5. The summed E-state index contributed by atoms with van der Waals surface area (Å²) in [5.74, 6) is 0.615. The third-order valence-corrected chi connectivity index (χ3v) is 4.17. The van der Waals surface area contributed by atoms with Gasteiger partial charge in [-0.1, -0.05) is 86.7 Å². The lowest BCUT2D eigenvalue weighted by Gasteiger charge is -2.08. The van der Waals surface area contributed by atoms with Gasteiger partial charge in [0.1, 0.15) is 11.0 Å². The molecule has 114 valence electrons. The van der Waals surface area contributed by atoms with Crippen LogP contribution in [0.1, 0.15) is 58.3 Å². The van der Waals surface area contributed by atoms with Crippen molar-refractivity contribution in [2.24, 2.45) is 0 Å². The van der Waals surface area contributed by atoms with Crippen molar-refractivity contribution in [2.75, 3.05) is 11.9 Å². The zero-order chi connectivity index (χ0) is 14.8. The summed E-state index contributed by atoms with van der Waals surface area (Å²) in [6, 6.07) is 1.62. The second kappa shape index (κ2) is 10.5. The molecule has 0 saturated heterocycles. The summed E-state index contributed by atoms with van der Waals surface area (Å²) in [5, 5.41) is 4.39. The predicted octanol–water partition coefficient (Wildman–Crippen LogP) is 6.59. The van der Waals surface area contributed by atoms with E-state index in [9.17, 15) is 0 Å². The Morgan fingerprint density at radius 1 is 0.900 bits per heavy atom. The zero-order valence-corrected chi connectivity index (χ0v) is 14.3. The zero-order valence-electron chi connectivity index (χ0n) is 12.0. The van der Waals surface area contributed by atoms with E-state index in [4.69, 9.17) is 34.8 Å². The van der Waals surface area contributed by atoms with Crippen molar-refractivity contribution in [3.05, 3.63) is 21.3 Å². The Morgan fingerprint density at radius 3 is 2.15 bits per heavy atom. The van der Waals surface area contributed by atoms with Gasteiger partial charge in [0.25, 0.3) is 0 Å². The Kier molecular flexibility index (Phi) is 9.41. The Labute approximate surface area is 137 Å². The van der Waals surface area contributed by atoms with Gasteiger partial charge in [-0.3, -0.25) is 0 Å². The van der Waals surface area contributed by atoms with Crippen molar-refractivity contribution >= 4 is 40.6 Å². The van der Waals surface area contributed by atoms with E-state index in [-0.39, 0.29) is 5.15 Å². The lowest BCUT2D eigenvalue weighted by atomic mass is 10.1. The van der Waals surface area contributed by atoms with Crippen LogP contribution in [-0.4, -0.2) is 11.5 Å². The molecule has 1 N–H and O–H groups in total. The van der Waals surface area contributed by atoms with Crippen LogP contribution in [0.4, 0.5) is 5.82 Å². The fourth-order valence-electron chi connectivity index (χ4n) is 2.03. The first-order chi connectivity index (χ1) is 9.65. The summed E-state index contributed by atoms with van der Waals surface area (Å²) in [6.45, 7) is 3.10. The number of rotatable bonds is 10. The number of unbranched alkanes of at least 4 members (excludes halogenated alkanes) is 7. The quantitative estimate of drug-likeness (QED) is 0.384. The van der Waals surface area contributed by atoms with Crippen LogP contribution in [0.5, 0.6) is 0 Å². The van der Waals surface area contributed by atoms with Gasteiger partial charge in [0, 0.05) is 6.54 Å². The van der Waals surface area contributed by atoms with Crippen molar-refractivity contribution in [1.82, 2.24) is 4.98 Å². The van der Waals surface area contributed by atoms with Gasteiger partial charge in [0.15, 0.2) is 0 Å².